The van der Waals surface area contributed by atoms with Crippen LogP contribution in [-0.4, -0.2) is 17.2 Å². The lowest BCUT2D eigenvalue weighted by atomic mass is 9.85. The number of benzene rings is 1. The molecule has 3 aliphatic rings. The lowest BCUT2D eigenvalue weighted by Gasteiger charge is -2.25. The molecule has 3 nitrogen and oxygen atoms in total. The van der Waals surface area contributed by atoms with Gasteiger partial charge in [0.2, 0.25) is 5.91 Å². The molecule has 0 radical (unpaired) electrons. The van der Waals surface area contributed by atoms with Gasteiger partial charge in [0.05, 0.1) is 5.92 Å². The predicted molar refractivity (Wildman–Crippen MR) is 75.4 cm³/mol. The zero-order chi connectivity index (χ0) is 13.1. The van der Waals surface area contributed by atoms with E-state index in [1.807, 2.05) is 24.3 Å². The first kappa shape index (κ1) is 11.7. The first-order chi connectivity index (χ1) is 9.16. The molecule has 1 aliphatic heterocycles. The van der Waals surface area contributed by atoms with Crippen LogP contribution in [0.4, 0.5) is 5.69 Å². The molecular formula is C15H14BrNO2. The van der Waals surface area contributed by atoms with Gasteiger partial charge in [-0.05, 0) is 42.5 Å². The molecule has 1 saturated heterocycles. The van der Waals surface area contributed by atoms with E-state index in [0.717, 1.165) is 16.6 Å². The summed E-state index contributed by atoms with van der Waals surface area (Å²) in [5.41, 5.74) is 0.787. The molecule has 0 unspecified atom stereocenters. The van der Waals surface area contributed by atoms with Gasteiger partial charge in [0.25, 0.3) is 0 Å². The van der Waals surface area contributed by atoms with Gasteiger partial charge in [0.15, 0.2) is 0 Å². The molecule has 1 aromatic carbocycles. The topological polar surface area (TPSA) is 40.5 Å². The second-order valence-electron chi connectivity index (χ2n) is 5.65. The van der Waals surface area contributed by atoms with Crippen LogP contribution in [0, 0.1) is 23.7 Å². The van der Waals surface area contributed by atoms with E-state index >= 15 is 0 Å². The molecule has 0 spiro atoms. The number of allylic oxidation sites excluding steroid dienone is 2. The molecular weight excluding hydrogens is 306 g/mol. The molecule has 2 bridgehead atoms. The number of aliphatic hydroxyl groups is 1. The van der Waals surface area contributed by atoms with Gasteiger partial charge < -0.3 is 5.11 Å². The van der Waals surface area contributed by atoms with Crippen molar-refractivity contribution >= 4 is 27.5 Å². The molecule has 0 aromatic heterocycles. The summed E-state index contributed by atoms with van der Waals surface area (Å²) >= 11 is 3.39. The SMILES string of the molecule is O=C1[C@H]2[C@H]([C@H]3C=C[C@H]2C3)[C@H](O)N1c1ccc(Br)cc1. The molecule has 1 N–H and O–H groups in total. The number of rotatable bonds is 1. The Bertz CT molecular complexity index is 568. The van der Waals surface area contributed by atoms with E-state index in [-0.39, 0.29) is 17.7 Å². The Morgan fingerprint density at radius 3 is 2.53 bits per heavy atom. The second kappa shape index (κ2) is 3.93. The quantitative estimate of drug-likeness (QED) is 0.808. The molecule has 5 atom stereocenters. The third kappa shape index (κ3) is 1.50. The smallest absolute Gasteiger partial charge is 0.233 e. The summed E-state index contributed by atoms with van der Waals surface area (Å²) in [6.45, 7) is 0. The Kier molecular flexibility index (Phi) is 2.42. The third-order valence-corrected chi connectivity index (χ3v) is 5.29. The highest BCUT2D eigenvalue weighted by molar-refractivity contribution is 9.10. The number of fused-ring (bicyclic) bond motifs is 5. The van der Waals surface area contributed by atoms with Gasteiger partial charge in [-0.25, -0.2) is 0 Å². The number of nitrogens with zero attached hydrogens (tertiary/aromatic N) is 1. The van der Waals surface area contributed by atoms with Crippen LogP contribution in [0.15, 0.2) is 40.9 Å². The van der Waals surface area contributed by atoms with E-state index in [2.05, 4.69) is 28.1 Å². The van der Waals surface area contributed by atoms with E-state index in [0.29, 0.717) is 11.8 Å². The van der Waals surface area contributed by atoms with Crippen molar-refractivity contribution in [2.45, 2.75) is 12.6 Å². The number of anilines is 1. The van der Waals surface area contributed by atoms with Crippen LogP contribution in [0.5, 0.6) is 0 Å². The first-order valence-electron chi connectivity index (χ1n) is 6.62. The van der Waals surface area contributed by atoms with Crippen molar-refractivity contribution in [2.75, 3.05) is 4.90 Å². The van der Waals surface area contributed by atoms with Crippen molar-refractivity contribution in [1.82, 2.24) is 0 Å². The second-order valence-corrected chi connectivity index (χ2v) is 6.57. The Morgan fingerprint density at radius 2 is 1.84 bits per heavy atom. The molecule has 2 fully saturated rings. The Morgan fingerprint density at radius 1 is 1.16 bits per heavy atom. The van der Waals surface area contributed by atoms with E-state index in [9.17, 15) is 9.90 Å². The van der Waals surface area contributed by atoms with Crippen molar-refractivity contribution < 1.29 is 9.90 Å². The summed E-state index contributed by atoms with van der Waals surface area (Å²) in [5.74, 6) is 0.837. The molecule has 4 heteroatoms. The average Bonchev–Trinajstić information content (AvgIpc) is 3.06. The van der Waals surface area contributed by atoms with Crippen LogP contribution in [0.25, 0.3) is 0 Å². The number of amides is 1. The lowest BCUT2D eigenvalue weighted by Crippen LogP contribution is -2.36. The maximum atomic E-state index is 12.6. The third-order valence-electron chi connectivity index (χ3n) is 4.76. The molecule has 98 valence electrons. The van der Waals surface area contributed by atoms with Crippen LogP contribution in [0.2, 0.25) is 0 Å². The normalized spacial score (nSPS) is 39.2. The van der Waals surface area contributed by atoms with Gasteiger partial charge in [0.1, 0.15) is 6.23 Å². The highest BCUT2D eigenvalue weighted by Gasteiger charge is 2.59. The van der Waals surface area contributed by atoms with Crippen LogP contribution in [0.3, 0.4) is 0 Å². The maximum Gasteiger partial charge on any atom is 0.233 e. The molecule has 1 saturated carbocycles. The zero-order valence-electron chi connectivity index (χ0n) is 10.2. The zero-order valence-corrected chi connectivity index (χ0v) is 11.8. The number of carbonyl (C=O) groups is 1. The highest BCUT2D eigenvalue weighted by atomic mass is 79.9. The summed E-state index contributed by atoms with van der Waals surface area (Å²) in [5, 5.41) is 10.5. The Balaban J connectivity index is 1.72. The summed E-state index contributed by atoms with van der Waals surface area (Å²) < 4.78 is 0.972. The largest absolute Gasteiger partial charge is 0.373 e. The van der Waals surface area contributed by atoms with Gasteiger partial charge >= 0.3 is 0 Å². The fourth-order valence-corrected chi connectivity index (χ4v) is 4.22. The van der Waals surface area contributed by atoms with Crippen molar-refractivity contribution in [3.05, 3.63) is 40.9 Å². The number of carbonyl (C=O) groups excluding carboxylic acids is 1. The van der Waals surface area contributed by atoms with Crippen LogP contribution >= 0.6 is 15.9 Å². The molecule has 1 amide bonds. The fraction of sp³-hybridized carbons (Fsp3) is 0.400. The molecule has 2 aliphatic carbocycles. The minimum Gasteiger partial charge on any atom is -0.373 e. The van der Waals surface area contributed by atoms with Crippen molar-refractivity contribution in [3.8, 4) is 0 Å². The van der Waals surface area contributed by atoms with Gasteiger partial charge in [-0.15, -0.1) is 0 Å². The summed E-state index contributed by atoms with van der Waals surface area (Å²) in [7, 11) is 0. The van der Waals surface area contributed by atoms with Crippen molar-refractivity contribution in [2.24, 2.45) is 23.7 Å². The molecule has 19 heavy (non-hydrogen) atoms. The number of aliphatic hydroxyl groups excluding tert-OH is 1. The average molecular weight is 320 g/mol. The van der Waals surface area contributed by atoms with Crippen molar-refractivity contribution in [3.63, 3.8) is 0 Å². The molecule has 1 aromatic rings. The van der Waals surface area contributed by atoms with Gasteiger partial charge in [-0.3, -0.25) is 9.69 Å². The first-order valence-corrected chi connectivity index (χ1v) is 7.41. The van der Waals surface area contributed by atoms with Crippen LogP contribution in [0.1, 0.15) is 6.42 Å². The van der Waals surface area contributed by atoms with Crippen LogP contribution < -0.4 is 4.90 Å². The Labute approximate surface area is 120 Å². The van der Waals surface area contributed by atoms with Gasteiger partial charge in [0, 0.05) is 16.1 Å². The van der Waals surface area contributed by atoms with E-state index in [4.69, 9.17) is 0 Å². The molecule has 4 rings (SSSR count). The van der Waals surface area contributed by atoms with Gasteiger partial charge in [-0.1, -0.05) is 28.1 Å². The minimum absolute atomic E-state index is 0.0198. The number of hydrogen-bond acceptors (Lipinski definition) is 2. The van der Waals surface area contributed by atoms with E-state index in [1.54, 1.807) is 4.90 Å². The maximum absolute atomic E-state index is 12.6. The fourth-order valence-electron chi connectivity index (χ4n) is 3.96. The van der Waals surface area contributed by atoms with Crippen LogP contribution in [-0.2, 0) is 4.79 Å². The van der Waals surface area contributed by atoms with E-state index < -0.39 is 6.23 Å². The predicted octanol–water partition coefficient (Wildman–Crippen LogP) is 2.55. The monoisotopic (exact) mass is 319 g/mol. The summed E-state index contributed by atoms with van der Waals surface area (Å²) in [4.78, 5) is 14.2. The Hall–Kier alpha value is -1.13. The highest BCUT2D eigenvalue weighted by Crippen LogP contribution is 2.54. The minimum atomic E-state index is -0.682. The summed E-state index contributed by atoms with van der Waals surface area (Å²) in [6, 6.07) is 7.55. The van der Waals surface area contributed by atoms with Crippen molar-refractivity contribution in [1.29, 1.82) is 0 Å². The number of halogens is 1. The summed E-state index contributed by atoms with van der Waals surface area (Å²) in [6.07, 6.45) is 4.68. The molecule has 1 heterocycles. The van der Waals surface area contributed by atoms with Gasteiger partial charge in [-0.2, -0.15) is 0 Å². The standard InChI is InChI=1S/C15H14BrNO2/c16-10-3-5-11(6-4-10)17-14(18)12-8-1-2-9(7-8)13(12)15(17)19/h1-6,8-9,12-14,18H,7H2/t8-,9-,12-,13+,14-/m0/s1. The van der Waals surface area contributed by atoms with E-state index in [1.165, 1.54) is 0 Å². The number of hydrogen-bond donors (Lipinski definition) is 1. The lowest BCUT2D eigenvalue weighted by molar-refractivity contribution is -0.121.